The number of nitrogens with one attached hydrogen (secondary N) is 1. The number of benzene rings is 2. The molecule has 3 heterocycles. The third kappa shape index (κ3) is 4.82. The van der Waals surface area contributed by atoms with Gasteiger partial charge in [0.15, 0.2) is 0 Å². The molecule has 3 aliphatic heterocycles. The molecule has 5 rings (SSSR count). The van der Waals surface area contributed by atoms with Gasteiger partial charge in [0.05, 0.1) is 13.2 Å². The molecule has 3 amide bonds. The van der Waals surface area contributed by atoms with Crippen molar-refractivity contribution in [1.82, 2.24) is 15.1 Å². The molecule has 8 nitrogen and oxygen atoms in total. The molecule has 0 spiro atoms. The Bertz CT molecular complexity index is 1270. The summed E-state index contributed by atoms with van der Waals surface area (Å²) >= 11 is 0. The summed E-state index contributed by atoms with van der Waals surface area (Å²) < 4.78 is 12.3. The Morgan fingerprint density at radius 3 is 2.45 bits per heavy atom. The first-order valence-electron chi connectivity index (χ1n) is 13.4. The number of hydrogen-bond acceptors (Lipinski definition) is 6. The Balaban J connectivity index is 1.24. The Hall–Kier alpha value is -2.91. The summed E-state index contributed by atoms with van der Waals surface area (Å²) in [5.41, 5.74) is 3.60. The fourth-order valence-corrected chi connectivity index (χ4v) is 5.64. The number of imide groups is 1. The van der Waals surface area contributed by atoms with Crippen LogP contribution in [0.3, 0.4) is 0 Å². The van der Waals surface area contributed by atoms with Crippen LogP contribution in [0.4, 0.5) is 0 Å². The van der Waals surface area contributed by atoms with Gasteiger partial charge in [-0.25, -0.2) is 0 Å². The van der Waals surface area contributed by atoms with E-state index < -0.39 is 11.9 Å². The minimum Gasteiger partial charge on any atom is -0.489 e. The van der Waals surface area contributed by atoms with Crippen LogP contribution in [-0.4, -0.2) is 96.1 Å². The highest BCUT2D eigenvalue weighted by Crippen LogP contribution is 2.34. The van der Waals surface area contributed by atoms with Crippen molar-refractivity contribution in [3.05, 3.63) is 64.7 Å². The van der Waals surface area contributed by atoms with E-state index in [1.807, 2.05) is 6.07 Å². The second-order valence-corrected chi connectivity index (χ2v) is 11.6. The maximum Gasteiger partial charge on any atom is 0.255 e. The molecule has 2 aromatic carbocycles. The largest absolute Gasteiger partial charge is 0.489 e. The SMILES string of the molecule is BC1COC(B)(B)C(B)(B)N1Cc1ccc(COc2cccc3c2CN(C2CCC(=O)NC2=O)C3=O)cc1. The molecule has 0 aliphatic carbocycles. The Morgan fingerprint density at radius 2 is 1.74 bits per heavy atom. The highest BCUT2D eigenvalue weighted by molar-refractivity contribution is 6.54. The van der Waals surface area contributed by atoms with Crippen LogP contribution in [0, 0.1) is 0 Å². The van der Waals surface area contributed by atoms with Gasteiger partial charge in [-0.15, -0.1) is 0 Å². The zero-order valence-electron chi connectivity index (χ0n) is 22.9. The highest BCUT2D eigenvalue weighted by atomic mass is 16.5. The van der Waals surface area contributed by atoms with Gasteiger partial charge in [-0.1, -0.05) is 30.3 Å². The van der Waals surface area contributed by atoms with Crippen molar-refractivity contribution >= 4 is 57.0 Å². The van der Waals surface area contributed by atoms with E-state index in [-0.39, 0.29) is 29.0 Å². The van der Waals surface area contributed by atoms with Crippen molar-refractivity contribution in [2.45, 2.75) is 55.3 Å². The molecule has 192 valence electrons. The topological polar surface area (TPSA) is 88.2 Å². The fourth-order valence-electron chi connectivity index (χ4n) is 5.64. The lowest BCUT2D eigenvalue weighted by Gasteiger charge is -2.57. The summed E-state index contributed by atoms with van der Waals surface area (Å²) in [5.74, 6) is 0.0538. The van der Waals surface area contributed by atoms with Gasteiger partial charge in [-0.2, -0.15) is 0 Å². The van der Waals surface area contributed by atoms with E-state index in [4.69, 9.17) is 9.47 Å². The van der Waals surface area contributed by atoms with E-state index in [1.165, 1.54) is 5.56 Å². The van der Waals surface area contributed by atoms with Gasteiger partial charge in [0.1, 0.15) is 57.6 Å². The minimum absolute atomic E-state index is 0.112. The summed E-state index contributed by atoms with van der Waals surface area (Å²) in [6.45, 7) is 2.22. The highest BCUT2D eigenvalue weighted by Gasteiger charge is 2.47. The summed E-state index contributed by atoms with van der Waals surface area (Å²) in [7, 11) is 11.0. The number of hydrogen-bond donors (Lipinski definition) is 1. The predicted molar refractivity (Wildman–Crippen MR) is 157 cm³/mol. The number of rotatable bonds is 6. The van der Waals surface area contributed by atoms with E-state index in [0.717, 1.165) is 17.7 Å². The maximum absolute atomic E-state index is 13.1. The molecule has 13 heteroatoms. The second kappa shape index (κ2) is 10.0. The quantitative estimate of drug-likeness (QED) is 0.324. The Morgan fingerprint density at radius 1 is 1.03 bits per heavy atom. The van der Waals surface area contributed by atoms with Gasteiger partial charge in [0.25, 0.3) is 5.91 Å². The average Bonchev–Trinajstić information content (AvgIpc) is 3.21. The summed E-state index contributed by atoms with van der Waals surface area (Å²) in [6.07, 6.45) is 0.570. The van der Waals surface area contributed by atoms with Gasteiger partial charge in [0.2, 0.25) is 11.8 Å². The number of morpholine rings is 1. The first kappa shape index (κ1) is 26.7. The molecule has 0 bridgehead atoms. The molecular formula is C25H32B5N3O5. The Kier molecular flexibility index (Phi) is 7.03. The minimum atomic E-state index is -0.641. The molecule has 2 saturated heterocycles. The fraction of sp³-hybridized carbons (Fsp3) is 0.400. The van der Waals surface area contributed by atoms with Crippen LogP contribution in [0.15, 0.2) is 42.5 Å². The average molecular weight is 509 g/mol. The molecule has 2 fully saturated rings. The van der Waals surface area contributed by atoms with Crippen molar-refractivity contribution < 1.29 is 23.9 Å². The zero-order chi connectivity index (χ0) is 27.2. The number of carbonyl (C=O) groups is 3. The summed E-state index contributed by atoms with van der Waals surface area (Å²) in [6, 6.07) is 13.2. The van der Waals surface area contributed by atoms with Crippen molar-refractivity contribution in [3.63, 3.8) is 0 Å². The lowest BCUT2D eigenvalue weighted by atomic mass is 9.38. The van der Waals surface area contributed by atoms with E-state index in [2.05, 4.69) is 73.7 Å². The van der Waals surface area contributed by atoms with Gasteiger partial charge < -0.3 is 19.3 Å². The molecule has 2 atom stereocenters. The molecule has 3 aliphatic rings. The molecule has 2 unspecified atom stereocenters. The standard InChI is InChI=1S/C25H32B5N3O5/c26-20-13-38-25(29,30)24(27,28)33(20)10-14-4-6-15(7-5-14)12-37-19-3-1-2-16-17(19)11-32(23(16)36)18-8-9-21(34)31-22(18)35/h1-7,18,20H,8-13,26-30H2,(H,31,34,35). The van der Waals surface area contributed by atoms with Crippen molar-refractivity contribution in [2.24, 2.45) is 0 Å². The van der Waals surface area contributed by atoms with Crippen molar-refractivity contribution in [3.8, 4) is 5.75 Å². The number of carbonyl (C=O) groups excluding carboxylic acids is 3. The lowest BCUT2D eigenvalue weighted by Crippen LogP contribution is -2.74. The van der Waals surface area contributed by atoms with Crippen LogP contribution in [0.2, 0.25) is 0 Å². The van der Waals surface area contributed by atoms with Crippen molar-refractivity contribution in [2.75, 3.05) is 6.61 Å². The smallest absolute Gasteiger partial charge is 0.255 e. The normalized spacial score (nSPS) is 24.6. The van der Waals surface area contributed by atoms with Crippen molar-refractivity contribution in [1.29, 1.82) is 0 Å². The number of fused-ring (bicyclic) bond motifs is 1. The molecule has 1 N–H and O–H groups in total. The number of ether oxygens (including phenoxy) is 2. The van der Waals surface area contributed by atoms with Crippen LogP contribution in [0.5, 0.6) is 5.75 Å². The van der Waals surface area contributed by atoms with Crippen LogP contribution >= 0.6 is 0 Å². The molecule has 0 radical (unpaired) electrons. The predicted octanol–water partition coefficient (Wildman–Crippen LogP) is -3.34. The monoisotopic (exact) mass is 509 g/mol. The third-order valence-corrected chi connectivity index (χ3v) is 8.72. The molecule has 0 saturated carbocycles. The second-order valence-electron chi connectivity index (χ2n) is 11.6. The van der Waals surface area contributed by atoms with E-state index >= 15 is 0 Å². The van der Waals surface area contributed by atoms with E-state index in [0.29, 0.717) is 43.4 Å². The first-order valence-corrected chi connectivity index (χ1v) is 13.4. The number of amides is 3. The van der Waals surface area contributed by atoms with E-state index in [1.54, 1.807) is 17.0 Å². The van der Waals surface area contributed by atoms with E-state index in [9.17, 15) is 14.4 Å². The van der Waals surface area contributed by atoms with Gasteiger partial charge in [0, 0.05) is 35.4 Å². The summed E-state index contributed by atoms with van der Waals surface area (Å²) in [5, 5.41) is 1.99. The third-order valence-electron chi connectivity index (χ3n) is 8.72. The molecule has 38 heavy (non-hydrogen) atoms. The van der Waals surface area contributed by atoms with Crippen LogP contribution in [-0.2, 0) is 34.0 Å². The summed E-state index contributed by atoms with van der Waals surface area (Å²) in [4.78, 5) is 41.0. The first-order chi connectivity index (χ1) is 18.0. The van der Waals surface area contributed by atoms with Gasteiger partial charge >= 0.3 is 0 Å². The number of nitrogens with zero attached hydrogens (tertiary/aromatic N) is 2. The molecule has 2 aromatic rings. The van der Waals surface area contributed by atoms with Gasteiger partial charge in [-0.05, 0) is 35.0 Å². The number of piperidine rings is 1. The van der Waals surface area contributed by atoms with Crippen LogP contribution in [0.25, 0.3) is 0 Å². The Labute approximate surface area is 228 Å². The zero-order valence-corrected chi connectivity index (χ0v) is 22.9. The molecule has 0 aromatic heterocycles. The maximum atomic E-state index is 13.1. The molecular weight excluding hydrogens is 476 g/mol. The van der Waals surface area contributed by atoms with Crippen LogP contribution < -0.4 is 10.1 Å². The van der Waals surface area contributed by atoms with Crippen LogP contribution in [0.1, 0.15) is 39.9 Å². The van der Waals surface area contributed by atoms with Gasteiger partial charge in [-0.3, -0.25) is 19.7 Å². The lowest BCUT2D eigenvalue weighted by molar-refractivity contribution is -0.136.